The molecule has 3 amide bonds. The van der Waals surface area contributed by atoms with E-state index in [2.05, 4.69) is 56.9 Å². The van der Waals surface area contributed by atoms with Gasteiger partial charge in [-0.1, -0.05) is 59.9 Å². The summed E-state index contributed by atoms with van der Waals surface area (Å²) < 4.78 is 11.2. The molecule has 0 aliphatic heterocycles. The van der Waals surface area contributed by atoms with Crippen LogP contribution in [0.25, 0.3) is 11.1 Å². The van der Waals surface area contributed by atoms with Crippen LogP contribution in [0.4, 0.5) is 9.59 Å². The Morgan fingerprint density at radius 3 is 2.20 bits per heavy atom. The number of nitrogens with one attached hydrogen (secondary N) is 2. The van der Waals surface area contributed by atoms with E-state index in [-0.39, 0.29) is 31.5 Å². The number of likely N-dealkylation sites (N-methyl/N-ethyl adjacent to an activating group) is 1. The van der Waals surface area contributed by atoms with Crippen LogP contribution in [0, 0.1) is 0 Å². The minimum Gasteiger partial charge on any atom is -0.449 e. The zero-order valence-corrected chi connectivity index (χ0v) is 30.4. The second-order valence-corrected chi connectivity index (χ2v) is 19.2. The Morgan fingerprint density at radius 2 is 1.57 bits per heavy atom. The van der Waals surface area contributed by atoms with Crippen LogP contribution in [0.2, 0.25) is 0 Å². The first-order valence-electron chi connectivity index (χ1n) is 15.5. The number of urea groups is 1. The highest BCUT2D eigenvalue weighted by molar-refractivity contribution is 14.2. The lowest BCUT2D eigenvalue weighted by molar-refractivity contribution is -0.109. The number of aliphatic hydroxyl groups excluding tert-OH is 4. The molecule has 256 valence electrons. The zero-order chi connectivity index (χ0) is 33.6. The van der Waals surface area contributed by atoms with Gasteiger partial charge in [0.05, 0.1) is 19.3 Å². The molecule has 0 aromatic heterocycles. The van der Waals surface area contributed by atoms with Crippen molar-refractivity contribution in [3.05, 3.63) is 59.7 Å². The monoisotopic (exact) mass is 791 g/mol. The smallest absolute Gasteiger partial charge is 0.407 e. The van der Waals surface area contributed by atoms with Crippen LogP contribution < -0.4 is 10.6 Å². The number of hydrogen-bond donors (Lipinski definition) is 6. The highest BCUT2D eigenvalue weighted by Crippen LogP contribution is 2.56. The maximum atomic E-state index is 12.5. The lowest BCUT2D eigenvalue weighted by atomic mass is 9.98. The molecule has 46 heavy (non-hydrogen) atoms. The first-order valence-corrected chi connectivity index (χ1v) is 21.4. The second-order valence-electron chi connectivity index (χ2n) is 11.5. The molecule has 1 unspecified atom stereocenters. The van der Waals surface area contributed by atoms with Gasteiger partial charge in [-0.25, -0.2) is 9.59 Å². The molecule has 0 spiro atoms. The second kappa shape index (κ2) is 20.0. The fourth-order valence-electron chi connectivity index (χ4n) is 5.40. The van der Waals surface area contributed by atoms with Crippen LogP contribution in [0.5, 0.6) is 0 Å². The number of carbonyl (C=O) groups excluding carboxylic acids is 2. The van der Waals surface area contributed by atoms with Crippen molar-refractivity contribution in [2.24, 2.45) is 0 Å². The number of halogens is 1. The molecule has 0 saturated carbocycles. The van der Waals surface area contributed by atoms with Gasteiger partial charge in [0.15, 0.2) is 4.99 Å². The van der Waals surface area contributed by atoms with E-state index in [0.29, 0.717) is 32.4 Å². The summed E-state index contributed by atoms with van der Waals surface area (Å²) in [5.41, 5.74) is 4.67. The number of unbranched alkanes of at least 4 members (excludes halogenated alkanes) is 1. The third-order valence-corrected chi connectivity index (χ3v) is 14.2. The van der Waals surface area contributed by atoms with Crippen molar-refractivity contribution < 1.29 is 39.3 Å². The number of alkyl carbamates (subject to hydrolysis) is 1. The zero-order valence-electron chi connectivity index (χ0n) is 26.5. The molecule has 6 N–H and O–H groups in total. The highest BCUT2D eigenvalue weighted by Gasteiger charge is 2.32. The number of aliphatic hydroxyl groups is 4. The molecule has 1 aliphatic carbocycles. The molecule has 6 atom stereocenters. The number of carbonyl (C=O) groups is 2. The van der Waals surface area contributed by atoms with Gasteiger partial charge in [0, 0.05) is 25.6 Å². The average molecular weight is 792 g/mol. The molecule has 14 heteroatoms. The molecule has 1 aliphatic rings. The topological polar surface area (TPSA) is 161 Å². The van der Waals surface area contributed by atoms with Gasteiger partial charge in [0.2, 0.25) is 0 Å². The maximum absolute atomic E-state index is 12.5. The Kier molecular flexibility index (Phi) is 16.8. The van der Waals surface area contributed by atoms with Gasteiger partial charge in [0.25, 0.3) is 0 Å². The molecule has 0 radical (unpaired) electrons. The molecule has 3 rings (SSSR count). The molecule has 0 saturated heterocycles. The molecule has 2 aromatic rings. The number of amides is 3. The SMILES string of the molecule is CSP(I)OCCC[C@@H](O)[C@@H](O)[C@H](O)[C@@H](O)CN(C)C(=O)NCCCC[C@H](C)NC(=O)OCC1c2ccccc2-c2ccccc21. The Morgan fingerprint density at radius 1 is 0.957 bits per heavy atom. The molecule has 0 heterocycles. The van der Waals surface area contributed by atoms with Crippen molar-refractivity contribution in [1.29, 1.82) is 0 Å². The van der Waals surface area contributed by atoms with Gasteiger partial charge < -0.3 is 45.2 Å². The Balaban J connectivity index is 1.28. The Hall–Kier alpha value is -1.71. The fraction of sp³-hybridized carbons (Fsp3) is 0.562. The summed E-state index contributed by atoms with van der Waals surface area (Å²) >= 11 is 3.81. The first-order chi connectivity index (χ1) is 22.0. The number of benzene rings is 2. The van der Waals surface area contributed by atoms with Crippen LogP contribution in [-0.2, 0) is 9.26 Å². The van der Waals surface area contributed by atoms with Gasteiger partial charge >= 0.3 is 12.1 Å². The lowest BCUT2D eigenvalue weighted by Gasteiger charge is -2.29. The highest BCUT2D eigenvalue weighted by atomic mass is 127. The largest absolute Gasteiger partial charge is 0.449 e. The maximum Gasteiger partial charge on any atom is 0.407 e. The summed E-state index contributed by atoms with van der Waals surface area (Å²) in [4.78, 5) is 25.6. The van der Waals surface area contributed by atoms with Crippen LogP contribution in [0.15, 0.2) is 48.5 Å². The van der Waals surface area contributed by atoms with Crippen LogP contribution in [-0.4, -0.2) is 108 Å². The van der Waals surface area contributed by atoms with E-state index in [4.69, 9.17) is 9.26 Å². The lowest BCUT2D eigenvalue weighted by Crippen LogP contribution is -2.50. The molecular weight excluding hydrogens is 744 g/mol. The predicted octanol–water partition coefficient (Wildman–Crippen LogP) is 4.99. The summed E-state index contributed by atoms with van der Waals surface area (Å²) in [6.07, 6.45) is -1.55. The van der Waals surface area contributed by atoms with Crippen molar-refractivity contribution in [2.45, 2.75) is 75.4 Å². The van der Waals surface area contributed by atoms with E-state index in [9.17, 15) is 30.0 Å². The van der Waals surface area contributed by atoms with Crippen LogP contribution in [0.1, 0.15) is 56.1 Å². The molecular formula is C32H47IN3O8PS. The van der Waals surface area contributed by atoms with Gasteiger partial charge in [-0.15, -0.1) is 0 Å². The van der Waals surface area contributed by atoms with Crippen molar-refractivity contribution in [3.8, 4) is 11.1 Å². The van der Waals surface area contributed by atoms with Gasteiger partial charge in [0.1, 0.15) is 24.9 Å². The number of rotatable bonds is 19. The quantitative estimate of drug-likeness (QED) is 0.0655. The minimum absolute atomic E-state index is 0.000601. The standard InChI is InChI=1S/C32H47IN3O8PS/c1-21(35-32(42)43-20-26-24-14-6-4-12-22(24)23-13-5-7-15-25(23)26)11-8-9-17-34-31(41)36(2)19-28(38)30(40)29(39)27(37)16-10-18-44-45(33)46-3/h4-7,12-15,21,26-30,37-40H,8-11,16-20H2,1-3H3,(H,34,41)(H,35,42)/t21-,27+,28-,29+,30+,45?/m0/s1. The van der Waals surface area contributed by atoms with E-state index < -0.39 is 41.5 Å². The predicted molar refractivity (Wildman–Crippen MR) is 191 cm³/mol. The van der Waals surface area contributed by atoms with Crippen molar-refractivity contribution in [2.75, 3.05) is 39.6 Å². The Bertz CT molecular complexity index is 1200. The average Bonchev–Trinajstić information content (AvgIpc) is 3.37. The normalized spacial score (nSPS) is 16.3. The van der Waals surface area contributed by atoms with E-state index >= 15 is 0 Å². The van der Waals surface area contributed by atoms with Crippen LogP contribution >= 0.6 is 38.4 Å². The van der Waals surface area contributed by atoms with E-state index in [1.165, 1.54) is 23.1 Å². The molecule has 11 nitrogen and oxygen atoms in total. The third-order valence-electron chi connectivity index (χ3n) is 7.97. The number of hydrogen-bond acceptors (Lipinski definition) is 9. The summed E-state index contributed by atoms with van der Waals surface area (Å²) in [5.74, 6) is 0.000601. The van der Waals surface area contributed by atoms with Gasteiger partial charge in [-0.05, 0) is 89.6 Å². The molecule has 0 fully saturated rings. The van der Waals surface area contributed by atoms with Crippen LogP contribution in [0.3, 0.4) is 0 Å². The third kappa shape index (κ3) is 11.8. The van der Waals surface area contributed by atoms with E-state index in [1.54, 1.807) is 11.4 Å². The number of fused-ring (bicyclic) bond motifs is 3. The molecule has 2 aromatic carbocycles. The fourth-order valence-corrected chi connectivity index (χ4v) is 6.91. The van der Waals surface area contributed by atoms with Crippen molar-refractivity contribution >= 4 is 50.5 Å². The van der Waals surface area contributed by atoms with Gasteiger partial charge in [-0.3, -0.25) is 0 Å². The Labute approximate surface area is 289 Å². The van der Waals surface area contributed by atoms with Crippen molar-refractivity contribution in [3.63, 3.8) is 0 Å². The number of ether oxygens (including phenoxy) is 1. The molecule has 0 bridgehead atoms. The summed E-state index contributed by atoms with van der Waals surface area (Å²) in [5, 5.41) is 46.8. The first kappa shape index (κ1) is 38.7. The number of nitrogens with zero attached hydrogens (tertiary/aromatic N) is 1. The van der Waals surface area contributed by atoms with E-state index in [0.717, 1.165) is 17.5 Å². The summed E-state index contributed by atoms with van der Waals surface area (Å²) in [7, 11) is 1.47. The van der Waals surface area contributed by atoms with E-state index in [1.807, 2.05) is 37.4 Å². The van der Waals surface area contributed by atoms with Crippen molar-refractivity contribution in [1.82, 2.24) is 15.5 Å². The minimum atomic E-state index is -1.62. The van der Waals surface area contributed by atoms with Gasteiger partial charge in [-0.2, -0.15) is 0 Å². The summed E-state index contributed by atoms with van der Waals surface area (Å²) in [6.45, 7) is 2.75. The summed E-state index contributed by atoms with van der Waals surface area (Å²) in [6, 6.07) is 15.8.